The molecule has 10 nitrogen and oxygen atoms in total. The van der Waals surface area contributed by atoms with Crippen LogP contribution in [0.3, 0.4) is 0 Å². The molecule has 0 aliphatic carbocycles. The summed E-state index contributed by atoms with van der Waals surface area (Å²) >= 11 is 0. The zero-order valence-corrected chi connectivity index (χ0v) is 16.5. The van der Waals surface area contributed by atoms with Gasteiger partial charge in [-0.15, -0.1) is 15.3 Å². The fourth-order valence-electron chi connectivity index (χ4n) is 3.93. The summed E-state index contributed by atoms with van der Waals surface area (Å²) in [6.07, 6.45) is 5.70. The predicted molar refractivity (Wildman–Crippen MR) is 101 cm³/mol. The molecule has 2 aliphatic heterocycles. The lowest BCUT2D eigenvalue weighted by molar-refractivity contribution is -0.121. The van der Waals surface area contributed by atoms with Gasteiger partial charge in [0.15, 0.2) is 11.6 Å². The second kappa shape index (κ2) is 8.76. The summed E-state index contributed by atoms with van der Waals surface area (Å²) in [5.74, 6) is 3.59. The minimum atomic E-state index is 0.0231. The highest BCUT2D eigenvalue weighted by atomic mass is 16.1. The number of amides is 1. The van der Waals surface area contributed by atoms with E-state index in [4.69, 9.17) is 0 Å². The lowest BCUT2D eigenvalue weighted by Crippen LogP contribution is -2.33. The molecular weight excluding hydrogens is 358 g/mol. The number of likely N-dealkylation sites (tertiary alicyclic amines) is 1. The van der Waals surface area contributed by atoms with Gasteiger partial charge >= 0.3 is 0 Å². The maximum absolute atomic E-state index is 12.2. The van der Waals surface area contributed by atoms with Gasteiger partial charge in [-0.1, -0.05) is 6.92 Å². The molecule has 0 saturated carbocycles. The first-order valence-corrected chi connectivity index (χ1v) is 10.3. The van der Waals surface area contributed by atoms with Crippen molar-refractivity contribution in [2.75, 3.05) is 13.1 Å². The Hall–Kier alpha value is -2.36. The van der Waals surface area contributed by atoms with Crippen molar-refractivity contribution in [1.29, 1.82) is 0 Å². The number of nitrogens with one attached hydrogen (secondary N) is 1. The molecule has 2 aromatic rings. The van der Waals surface area contributed by atoms with Gasteiger partial charge in [0.1, 0.15) is 5.82 Å². The summed E-state index contributed by atoms with van der Waals surface area (Å²) in [5, 5.41) is 23.4. The molecule has 1 saturated heterocycles. The molecule has 1 fully saturated rings. The van der Waals surface area contributed by atoms with E-state index in [1.54, 1.807) is 0 Å². The number of hydrogen-bond donors (Lipinski definition) is 1. The van der Waals surface area contributed by atoms with Crippen LogP contribution in [0.4, 0.5) is 0 Å². The molecular formula is C18H29N9O. The number of carbonyl (C=O) groups excluding carboxylic acids is 1. The second-order valence-electron chi connectivity index (χ2n) is 7.94. The Morgan fingerprint density at radius 2 is 2.00 bits per heavy atom. The summed E-state index contributed by atoms with van der Waals surface area (Å²) in [7, 11) is 0. The molecule has 0 radical (unpaired) electrons. The third kappa shape index (κ3) is 4.54. The molecule has 1 N–H and O–H groups in total. The molecule has 0 atom stereocenters. The first-order chi connectivity index (χ1) is 13.7. The van der Waals surface area contributed by atoms with E-state index in [1.165, 1.54) is 12.8 Å². The molecule has 1 amide bonds. The number of carbonyl (C=O) groups is 1. The number of aromatic nitrogens is 7. The van der Waals surface area contributed by atoms with Gasteiger partial charge in [0.05, 0.1) is 13.1 Å². The van der Waals surface area contributed by atoms with Crippen LogP contribution < -0.4 is 5.32 Å². The molecule has 28 heavy (non-hydrogen) atoms. The maximum Gasteiger partial charge on any atom is 0.220 e. The van der Waals surface area contributed by atoms with E-state index in [-0.39, 0.29) is 5.91 Å². The molecule has 0 bridgehead atoms. The Kier molecular flexibility index (Phi) is 5.94. The van der Waals surface area contributed by atoms with Crippen molar-refractivity contribution in [1.82, 2.24) is 45.2 Å². The van der Waals surface area contributed by atoms with Gasteiger partial charge in [0.2, 0.25) is 5.91 Å². The number of aryl methyl sites for hydroxylation is 2. The standard InChI is InChI=1S/C18H29N9O/c1-14-6-10-25(11-7-14)13-17-22-23-24-27(17)9-3-5-18(28)19-12-16-21-20-15-4-2-8-26(15)16/h14H,2-13H2,1H3,(H,19,28). The van der Waals surface area contributed by atoms with Crippen molar-refractivity contribution < 1.29 is 4.79 Å². The third-order valence-corrected chi connectivity index (χ3v) is 5.75. The van der Waals surface area contributed by atoms with Crippen molar-refractivity contribution >= 4 is 5.91 Å². The number of hydrogen-bond acceptors (Lipinski definition) is 7. The van der Waals surface area contributed by atoms with Crippen molar-refractivity contribution in [3.05, 3.63) is 17.5 Å². The molecule has 4 rings (SSSR count). The van der Waals surface area contributed by atoms with E-state index in [1.807, 2.05) is 4.68 Å². The topological polar surface area (TPSA) is 107 Å². The van der Waals surface area contributed by atoms with Crippen LogP contribution in [0.5, 0.6) is 0 Å². The fourth-order valence-corrected chi connectivity index (χ4v) is 3.93. The van der Waals surface area contributed by atoms with E-state index < -0.39 is 0 Å². The second-order valence-corrected chi connectivity index (χ2v) is 7.94. The molecule has 0 unspecified atom stereocenters. The maximum atomic E-state index is 12.2. The van der Waals surface area contributed by atoms with Gasteiger partial charge in [-0.25, -0.2) is 4.68 Å². The number of tetrazole rings is 1. The molecule has 4 heterocycles. The Bertz CT molecular complexity index is 791. The highest BCUT2D eigenvalue weighted by Gasteiger charge is 2.19. The average molecular weight is 387 g/mol. The number of fused-ring (bicyclic) bond motifs is 1. The quantitative estimate of drug-likeness (QED) is 0.704. The lowest BCUT2D eigenvalue weighted by atomic mass is 9.99. The fraction of sp³-hybridized carbons (Fsp3) is 0.778. The molecule has 2 aromatic heterocycles. The summed E-state index contributed by atoms with van der Waals surface area (Å²) in [6, 6.07) is 0. The number of rotatable bonds is 8. The van der Waals surface area contributed by atoms with Crippen LogP contribution in [-0.2, 0) is 37.4 Å². The Balaban J connectivity index is 1.19. The van der Waals surface area contributed by atoms with E-state index in [0.29, 0.717) is 25.9 Å². The minimum absolute atomic E-state index is 0.0231. The van der Waals surface area contributed by atoms with Crippen molar-refractivity contribution in [2.24, 2.45) is 5.92 Å². The van der Waals surface area contributed by atoms with Crippen LogP contribution in [0.15, 0.2) is 0 Å². The van der Waals surface area contributed by atoms with E-state index in [9.17, 15) is 4.79 Å². The smallest absolute Gasteiger partial charge is 0.220 e. The van der Waals surface area contributed by atoms with Crippen LogP contribution in [0.25, 0.3) is 0 Å². The zero-order valence-electron chi connectivity index (χ0n) is 16.5. The largest absolute Gasteiger partial charge is 0.349 e. The van der Waals surface area contributed by atoms with Crippen molar-refractivity contribution in [3.63, 3.8) is 0 Å². The number of piperidine rings is 1. The van der Waals surface area contributed by atoms with Crippen LogP contribution in [0, 0.1) is 5.92 Å². The highest BCUT2D eigenvalue weighted by Crippen LogP contribution is 2.17. The first kappa shape index (κ1) is 19.0. The van der Waals surface area contributed by atoms with Gasteiger partial charge in [-0.3, -0.25) is 9.69 Å². The highest BCUT2D eigenvalue weighted by molar-refractivity contribution is 5.75. The molecule has 0 aromatic carbocycles. The Morgan fingerprint density at radius 1 is 1.14 bits per heavy atom. The Labute approximate surface area is 164 Å². The van der Waals surface area contributed by atoms with Gasteiger partial charge in [0, 0.05) is 25.9 Å². The zero-order chi connectivity index (χ0) is 19.3. The van der Waals surface area contributed by atoms with Crippen LogP contribution in [0.1, 0.15) is 56.5 Å². The normalized spacial score (nSPS) is 17.8. The minimum Gasteiger partial charge on any atom is -0.349 e. The summed E-state index contributed by atoms with van der Waals surface area (Å²) < 4.78 is 3.94. The van der Waals surface area contributed by atoms with E-state index >= 15 is 0 Å². The van der Waals surface area contributed by atoms with Crippen LogP contribution in [0.2, 0.25) is 0 Å². The molecule has 10 heteroatoms. The lowest BCUT2D eigenvalue weighted by Gasteiger charge is -2.29. The summed E-state index contributed by atoms with van der Waals surface area (Å²) in [4.78, 5) is 14.6. The summed E-state index contributed by atoms with van der Waals surface area (Å²) in [5.41, 5.74) is 0. The molecule has 0 spiro atoms. The van der Waals surface area contributed by atoms with Gasteiger partial charge in [0.25, 0.3) is 0 Å². The van der Waals surface area contributed by atoms with E-state index in [0.717, 1.165) is 62.4 Å². The first-order valence-electron chi connectivity index (χ1n) is 10.3. The van der Waals surface area contributed by atoms with Crippen molar-refractivity contribution in [3.8, 4) is 0 Å². The SMILES string of the molecule is CC1CCN(Cc2nnnn2CCCC(=O)NCc2nnc3n2CCC3)CC1. The van der Waals surface area contributed by atoms with E-state index in [2.05, 4.69) is 47.4 Å². The average Bonchev–Trinajstić information content (AvgIpc) is 3.40. The van der Waals surface area contributed by atoms with Crippen LogP contribution in [-0.4, -0.2) is 58.9 Å². The third-order valence-electron chi connectivity index (χ3n) is 5.75. The molecule has 2 aliphatic rings. The monoisotopic (exact) mass is 387 g/mol. The van der Waals surface area contributed by atoms with Crippen LogP contribution >= 0.6 is 0 Å². The van der Waals surface area contributed by atoms with Gasteiger partial charge in [-0.05, 0) is 55.1 Å². The van der Waals surface area contributed by atoms with Crippen molar-refractivity contribution in [2.45, 2.75) is 71.6 Å². The molecule has 152 valence electrons. The Morgan fingerprint density at radius 3 is 2.86 bits per heavy atom. The number of nitrogens with zero attached hydrogens (tertiary/aromatic N) is 8. The van der Waals surface area contributed by atoms with Gasteiger partial charge in [-0.2, -0.15) is 0 Å². The summed E-state index contributed by atoms with van der Waals surface area (Å²) in [6.45, 7) is 7.33. The predicted octanol–water partition coefficient (Wildman–Crippen LogP) is 0.539. The van der Waals surface area contributed by atoms with Gasteiger partial charge < -0.3 is 9.88 Å².